The lowest BCUT2D eigenvalue weighted by Gasteiger charge is -2.05. The Balaban J connectivity index is 1.92. The van der Waals surface area contributed by atoms with Gasteiger partial charge in [-0.25, -0.2) is 4.79 Å². The Labute approximate surface area is 131 Å². The Morgan fingerprint density at radius 2 is 2.00 bits per heavy atom. The molecule has 0 saturated heterocycles. The van der Waals surface area contributed by atoms with Crippen LogP contribution in [0.2, 0.25) is 0 Å². The van der Waals surface area contributed by atoms with Gasteiger partial charge < -0.3 is 14.8 Å². The third kappa shape index (κ3) is 4.26. The zero-order valence-electron chi connectivity index (χ0n) is 12.2. The molecule has 22 heavy (non-hydrogen) atoms. The number of aromatic nitrogens is 2. The van der Waals surface area contributed by atoms with Crippen molar-refractivity contribution in [1.29, 1.82) is 0 Å². The van der Waals surface area contributed by atoms with Crippen molar-refractivity contribution < 1.29 is 19.1 Å². The molecule has 1 N–H and O–H groups in total. The van der Waals surface area contributed by atoms with E-state index in [0.717, 1.165) is 22.8 Å². The van der Waals surface area contributed by atoms with Crippen LogP contribution in [-0.2, 0) is 16.0 Å². The topological polar surface area (TPSA) is 90.4 Å². The van der Waals surface area contributed by atoms with E-state index in [1.165, 1.54) is 7.11 Å². The summed E-state index contributed by atoms with van der Waals surface area (Å²) in [4.78, 5) is 27.0. The first kappa shape index (κ1) is 15.9. The molecule has 1 aromatic heterocycles. The quantitative estimate of drug-likeness (QED) is 0.817. The molecule has 8 heteroatoms. The highest BCUT2D eigenvalue weighted by molar-refractivity contribution is 7.10. The van der Waals surface area contributed by atoms with Gasteiger partial charge in [-0.05, 0) is 24.6 Å². The van der Waals surface area contributed by atoms with E-state index < -0.39 is 5.97 Å². The number of anilines is 1. The fourth-order valence-electron chi connectivity index (χ4n) is 1.67. The molecule has 0 fully saturated rings. The average Bonchev–Trinajstić information content (AvgIpc) is 2.97. The van der Waals surface area contributed by atoms with Crippen molar-refractivity contribution in [1.82, 2.24) is 9.36 Å². The summed E-state index contributed by atoms with van der Waals surface area (Å²) in [6, 6.07) is 7.27. The number of nitrogens with one attached hydrogen (secondary N) is 1. The van der Waals surface area contributed by atoms with Crippen LogP contribution in [0.25, 0.3) is 0 Å². The van der Waals surface area contributed by atoms with Gasteiger partial charge in [-0.2, -0.15) is 9.36 Å². The van der Waals surface area contributed by atoms with Crippen molar-refractivity contribution >= 4 is 28.5 Å². The SMILES string of the molecule is CCOc1ccc(CC(=O)Nc2nc(C(=O)OC)ns2)cc1. The average molecular weight is 321 g/mol. The molecule has 1 aromatic carbocycles. The van der Waals surface area contributed by atoms with E-state index >= 15 is 0 Å². The monoisotopic (exact) mass is 321 g/mol. The maximum Gasteiger partial charge on any atom is 0.377 e. The summed E-state index contributed by atoms with van der Waals surface area (Å²) in [6.45, 7) is 2.51. The third-order valence-electron chi connectivity index (χ3n) is 2.64. The summed E-state index contributed by atoms with van der Waals surface area (Å²) in [7, 11) is 1.24. The number of hydrogen-bond donors (Lipinski definition) is 1. The first-order chi connectivity index (χ1) is 10.6. The second-order valence-electron chi connectivity index (χ2n) is 4.22. The minimum Gasteiger partial charge on any atom is -0.494 e. The number of methoxy groups -OCH3 is 1. The number of ether oxygens (including phenoxy) is 2. The smallest absolute Gasteiger partial charge is 0.377 e. The zero-order chi connectivity index (χ0) is 15.9. The van der Waals surface area contributed by atoms with Crippen molar-refractivity contribution in [3.05, 3.63) is 35.7 Å². The Morgan fingerprint density at radius 3 is 2.64 bits per heavy atom. The summed E-state index contributed by atoms with van der Waals surface area (Å²) < 4.78 is 13.6. The van der Waals surface area contributed by atoms with Crippen molar-refractivity contribution in [3.8, 4) is 5.75 Å². The van der Waals surface area contributed by atoms with Crippen molar-refractivity contribution in [3.63, 3.8) is 0 Å². The Kier molecular flexibility index (Phi) is 5.42. The highest BCUT2D eigenvalue weighted by Crippen LogP contribution is 2.15. The van der Waals surface area contributed by atoms with Crippen molar-refractivity contribution in [2.45, 2.75) is 13.3 Å². The number of esters is 1. The lowest BCUT2D eigenvalue weighted by atomic mass is 10.1. The van der Waals surface area contributed by atoms with Gasteiger partial charge in [0, 0.05) is 11.5 Å². The highest BCUT2D eigenvalue weighted by atomic mass is 32.1. The summed E-state index contributed by atoms with van der Waals surface area (Å²) in [5.41, 5.74) is 0.846. The zero-order valence-corrected chi connectivity index (χ0v) is 13.0. The predicted octanol–water partition coefficient (Wildman–Crippen LogP) is 1.90. The molecule has 116 valence electrons. The molecular weight excluding hydrogens is 306 g/mol. The van der Waals surface area contributed by atoms with Crippen LogP contribution in [0.3, 0.4) is 0 Å². The molecule has 1 heterocycles. The van der Waals surface area contributed by atoms with Gasteiger partial charge in [-0.15, -0.1) is 0 Å². The maximum atomic E-state index is 11.9. The Bertz CT molecular complexity index is 654. The van der Waals surface area contributed by atoms with E-state index in [9.17, 15) is 9.59 Å². The van der Waals surface area contributed by atoms with E-state index in [4.69, 9.17) is 4.74 Å². The van der Waals surface area contributed by atoms with Crippen LogP contribution in [0.15, 0.2) is 24.3 Å². The second kappa shape index (κ2) is 7.51. The largest absolute Gasteiger partial charge is 0.494 e. The van der Waals surface area contributed by atoms with Gasteiger partial charge >= 0.3 is 5.97 Å². The fourth-order valence-corrected chi connectivity index (χ4v) is 2.24. The van der Waals surface area contributed by atoms with Gasteiger partial charge in [-0.3, -0.25) is 4.79 Å². The van der Waals surface area contributed by atoms with E-state index in [1.54, 1.807) is 0 Å². The van der Waals surface area contributed by atoms with E-state index in [1.807, 2.05) is 31.2 Å². The van der Waals surface area contributed by atoms with Crippen LogP contribution in [-0.4, -0.2) is 35.0 Å². The maximum absolute atomic E-state index is 11.9. The first-order valence-electron chi connectivity index (χ1n) is 6.56. The molecule has 0 aliphatic heterocycles. The van der Waals surface area contributed by atoms with Gasteiger partial charge in [-0.1, -0.05) is 12.1 Å². The molecule has 0 spiro atoms. The first-order valence-corrected chi connectivity index (χ1v) is 7.33. The van der Waals surface area contributed by atoms with Gasteiger partial charge in [0.2, 0.25) is 11.0 Å². The molecule has 7 nitrogen and oxygen atoms in total. The summed E-state index contributed by atoms with van der Waals surface area (Å²) >= 11 is 0.927. The van der Waals surface area contributed by atoms with E-state index in [-0.39, 0.29) is 23.3 Å². The van der Waals surface area contributed by atoms with Crippen molar-refractivity contribution in [2.75, 3.05) is 19.0 Å². The standard InChI is InChI=1S/C14H15N3O4S/c1-3-21-10-6-4-9(5-7-10)8-11(18)15-14-16-12(17-22-14)13(19)20-2/h4-7H,3,8H2,1-2H3,(H,15,16,17,18). The van der Waals surface area contributed by atoms with Crippen LogP contribution in [0.5, 0.6) is 5.75 Å². The Morgan fingerprint density at radius 1 is 1.27 bits per heavy atom. The second-order valence-corrected chi connectivity index (χ2v) is 4.97. The molecule has 1 amide bonds. The van der Waals surface area contributed by atoms with Crippen LogP contribution in [0.4, 0.5) is 5.13 Å². The number of carbonyl (C=O) groups excluding carboxylic acids is 2. The summed E-state index contributed by atoms with van der Waals surface area (Å²) in [5.74, 6) is -0.178. The highest BCUT2D eigenvalue weighted by Gasteiger charge is 2.14. The van der Waals surface area contributed by atoms with Crippen LogP contribution in [0, 0.1) is 0 Å². The minimum absolute atomic E-state index is 0.0659. The molecule has 0 saturated carbocycles. The van der Waals surface area contributed by atoms with Crippen molar-refractivity contribution in [2.24, 2.45) is 0 Å². The molecule has 0 aliphatic rings. The van der Waals surface area contributed by atoms with E-state index in [2.05, 4.69) is 19.4 Å². The molecule has 0 atom stereocenters. The number of rotatable bonds is 6. The van der Waals surface area contributed by atoms with Gasteiger partial charge in [0.1, 0.15) is 5.75 Å². The third-order valence-corrected chi connectivity index (χ3v) is 3.27. The number of nitrogens with zero attached hydrogens (tertiary/aromatic N) is 2. The summed E-state index contributed by atoms with van der Waals surface area (Å²) in [5, 5.41) is 2.86. The van der Waals surface area contributed by atoms with Gasteiger partial charge in [0.05, 0.1) is 20.1 Å². The lowest BCUT2D eigenvalue weighted by Crippen LogP contribution is -2.14. The fraction of sp³-hybridized carbons (Fsp3) is 0.286. The molecule has 0 radical (unpaired) electrons. The van der Waals surface area contributed by atoms with Crippen LogP contribution < -0.4 is 10.1 Å². The Hall–Kier alpha value is -2.48. The molecule has 2 aromatic rings. The predicted molar refractivity (Wildman–Crippen MR) is 81.2 cm³/mol. The van der Waals surface area contributed by atoms with Gasteiger partial charge in [0.25, 0.3) is 5.82 Å². The number of amides is 1. The molecule has 0 aliphatic carbocycles. The minimum atomic E-state index is -0.636. The lowest BCUT2D eigenvalue weighted by molar-refractivity contribution is -0.115. The van der Waals surface area contributed by atoms with Gasteiger partial charge in [0.15, 0.2) is 0 Å². The van der Waals surface area contributed by atoms with Crippen LogP contribution >= 0.6 is 11.5 Å². The number of carbonyl (C=O) groups is 2. The summed E-state index contributed by atoms with van der Waals surface area (Å²) in [6.07, 6.45) is 0.194. The number of benzene rings is 1. The molecular formula is C14H15N3O4S. The van der Waals surface area contributed by atoms with Crippen LogP contribution in [0.1, 0.15) is 23.1 Å². The molecule has 0 unspecified atom stereocenters. The molecule has 0 bridgehead atoms. The normalized spacial score (nSPS) is 10.1. The van der Waals surface area contributed by atoms with E-state index in [0.29, 0.717) is 6.61 Å². The number of hydrogen-bond acceptors (Lipinski definition) is 7. The molecule has 2 rings (SSSR count).